The maximum absolute atomic E-state index is 12.0. The first-order valence-electron chi connectivity index (χ1n) is 7.40. The van der Waals surface area contributed by atoms with E-state index in [0.29, 0.717) is 29.5 Å². The predicted molar refractivity (Wildman–Crippen MR) is 95.7 cm³/mol. The zero-order valence-corrected chi connectivity index (χ0v) is 14.7. The highest BCUT2D eigenvalue weighted by Gasteiger charge is 2.06. The molecule has 0 saturated carbocycles. The van der Waals surface area contributed by atoms with Crippen molar-refractivity contribution in [2.45, 2.75) is 26.7 Å². The van der Waals surface area contributed by atoms with Crippen LogP contribution in [-0.4, -0.2) is 12.5 Å². The van der Waals surface area contributed by atoms with E-state index < -0.39 is 0 Å². The Bertz CT molecular complexity index is 701. The summed E-state index contributed by atoms with van der Waals surface area (Å²) in [5, 5.41) is 4.16. The lowest BCUT2D eigenvalue weighted by Crippen LogP contribution is -2.13. The van der Waals surface area contributed by atoms with E-state index in [1.807, 2.05) is 32.0 Å². The minimum atomic E-state index is -0.0493. The van der Waals surface area contributed by atoms with Gasteiger partial charge in [-0.2, -0.15) is 0 Å². The molecule has 0 aromatic heterocycles. The van der Waals surface area contributed by atoms with Gasteiger partial charge in [-0.25, -0.2) is 0 Å². The third kappa shape index (κ3) is 5.45. The van der Waals surface area contributed by atoms with Gasteiger partial charge in [0.05, 0.1) is 6.61 Å². The molecule has 0 bridgehead atoms. The smallest absolute Gasteiger partial charge is 0.224 e. The summed E-state index contributed by atoms with van der Waals surface area (Å²) in [5.41, 5.74) is 2.71. The second-order valence-corrected chi connectivity index (χ2v) is 6.24. The van der Waals surface area contributed by atoms with Crippen molar-refractivity contribution in [1.29, 1.82) is 0 Å². The summed E-state index contributed by atoms with van der Waals surface area (Å²) < 4.78 is 5.68. The van der Waals surface area contributed by atoms with Gasteiger partial charge in [-0.15, -0.1) is 0 Å². The van der Waals surface area contributed by atoms with Crippen molar-refractivity contribution in [3.63, 3.8) is 0 Å². The van der Waals surface area contributed by atoms with Crippen LogP contribution >= 0.6 is 23.2 Å². The molecule has 1 amide bonds. The monoisotopic (exact) mass is 351 g/mol. The quantitative estimate of drug-likeness (QED) is 0.706. The Kier molecular flexibility index (Phi) is 6.31. The molecule has 2 rings (SSSR count). The molecule has 0 fully saturated rings. The molecule has 0 radical (unpaired) electrons. The van der Waals surface area contributed by atoms with E-state index in [1.54, 1.807) is 18.2 Å². The average Bonchev–Trinajstić information content (AvgIpc) is 2.49. The van der Waals surface area contributed by atoms with Gasteiger partial charge in [-0.1, -0.05) is 29.3 Å². The molecule has 23 heavy (non-hydrogen) atoms. The minimum Gasteiger partial charge on any atom is -0.493 e. The number of hydrogen-bond donors (Lipinski definition) is 1. The second-order valence-electron chi connectivity index (χ2n) is 5.37. The van der Waals surface area contributed by atoms with Crippen LogP contribution in [0.15, 0.2) is 36.4 Å². The number of carbonyl (C=O) groups is 1. The summed E-state index contributed by atoms with van der Waals surface area (Å²) in [5.74, 6) is 0.743. The molecule has 0 heterocycles. The van der Waals surface area contributed by atoms with Crippen molar-refractivity contribution in [1.82, 2.24) is 0 Å². The van der Waals surface area contributed by atoms with Crippen LogP contribution < -0.4 is 10.1 Å². The second kappa shape index (κ2) is 8.23. The maximum atomic E-state index is 12.0. The largest absolute Gasteiger partial charge is 0.493 e. The highest BCUT2D eigenvalue weighted by Crippen LogP contribution is 2.22. The third-order valence-corrected chi connectivity index (χ3v) is 3.89. The number of anilines is 1. The lowest BCUT2D eigenvalue weighted by Gasteiger charge is -2.10. The number of hydrogen-bond acceptors (Lipinski definition) is 2. The van der Waals surface area contributed by atoms with Crippen LogP contribution in [0.25, 0.3) is 0 Å². The summed E-state index contributed by atoms with van der Waals surface area (Å²) in [6.45, 7) is 4.35. The summed E-state index contributed by atoms with van der Waals surface area (Å²) >= 11 is 11.8. The molecule has 2 aromatic rings. The first-order valence-corrected chi connectivity index (χ1v) is 8.16. The number of rotatable bonds is 6. The van der Waals surface area contributed by atoms with E-state index >= 15 is 0 Å². The van der Waals surface area contributed by atoms with Crippen molar-refractivity contribution in [3.05, 3.63) is 57.6 Å². The fourth-order valence-electron chi connectivity index (χ4n) is 2.13. The molecule has 0 aliphatic carbocycles. The lowest BCUT2D eigenvalue weighted by atomic mass is 10.2. The Labute approximate surface area is 146 Å². The molecule has 2 aromatic carbocycles. The van der Waals surface area contributed by atoms with E-state index in [9.17, 15) is 4.79 Å². The Balaban J connectivity index is 1.77. The van der Waals surface area contributed by atoms with Gasteiger partial charge in [-0.05, 0) is 61.7 Å². The SMILES string of the molecule is Cc1ccc(Cl)cc1NC(=O)CCCOc1ccc(Cl)cc1C. The molecule has 0 atom stereocenters. The number of benzene rings is 2. The molecule has 3 nitrogen and oxygen atoms in total. The van der Waals surface area contributed by atoms with E-state index in [0.717, 1.165) is 22.6 Å². The average molecular weight is 352 g/mol. The van der Waals surface area contributed by atoms with Crippen LogP contribution in [0.2, 0.25) is 10.0 Å². The molecule has 0 aliphatic heterocycles. The zero-order chi connectivity index (χ0) is 16.8. The highest BCUT2D eigenvalue weighted by molar-refractivity contribution is 6.31. The van der Waals surface area contributed by atoms with Gasteiger partial charge in [0.2, 0.25) is 5.91 Å². The molecule has 0 saturated heterocycles. The Morgan fingerprint density at radius 3 is 2.48 bits per heavy atom. The van der Waals surface area contributed by atoms with E-state index in [-0.39, 0.29) is 5.91 Å². The van der Waals surface area contributed by atoms with Gasteiger partial charge >= 0.3 is 0 Å². The molecule has 0 unspecified atom stereocenters. The third-order valence-electron chi connectivity index (χ3n) is 3.42. The van der Waals surface area contributed by atoms with Crippen molar-refractivity contribution in [2.75, 3.05) is 11.9 Å². The Morgan fingerprint density at radius 2 is 1.74 bits per heavy atom. The molecular formula is C18H19Cl2NO2. The van der Waals surface area contributed by atoms with Crippen LogP contribution in [0.1, 0.15) is 24.0 Å². The molecule has 0 aliphatic rings. The number of carbonyl (C=O) groups excluding carboxylic acids is 1. The van der Waals surface area contributed by atoms with Gasteiger partial charge in [0.15, 0.2) is 0 Å². The molecular weight excluding hydrogens is 333 g/mol. The summed E-state index contributed by atoms with van der Waals surface area (Å²) in [6.07, 6.45) is 1.02. The first-order chi connectivity index (χ1) is 11.0. The standard InChI is InChI=1S/C18H19Cl2NO2/c1-12-5-6-15(20)11-16(12)21-18(22)4-3-9-23-17-8-7-14(19)10-13(17)2/h5-8,10-11H,3-4,9H2,1-2H3,(H,21,22). The van der Waals surface area contributed by atoms with Gasteiger partial charge in [0.25, 0.3) is 0 Å². The molecule has 5 heteroatoms. The van der Waals surface area contributed by atoms with Gasteiger partial charge in [-0.3, -0.25) is 4.79 Å². The van der Waals surface area contributed by atoms with E-state index in [1.165, 1.54) is 0 Å². The maximum Gasteiger partial charge on any atom is 0.224 e. The Hall–Kier alpha value is -1.71. The van der Waals surface area contributed by atoms with Crippen LogP contribution in [0, 0.1) is 13.8 Å². The van der Waals surface area contributed by atoms with Crippen molar-refractivity contribution < 1.29 is 9.53 Å². The predicted octanol–water partition coefficient (Wildman–Crippen LogP) is 5.41. The molecule has 122 valence electrons. The van der Waals surface area contributed by atoms with Crippen LogP contribution in [-0.2, 0) is 4.79 Å². The summed E-state index contributed by atoms with van der Waals surface area (Å²) in [7, 11) is 0. The normalized spacial score (nSPS) is 10.4. The fraction of sp³-hybridized carbons (Fsp3) is 0.278. The summed E-state index contributed by atoms with van der Waals surface area (Å²) in [4.78, 5) is 12.0. The van der Waals surface area contributed by atoms with E-state index in [2.05, 4.69) is 5.32 Å². The topological polar surface area (TPSA) is 38.3 Å². The number of halogens is 2. The fourth-order valence-corrected chi connectivity index (χ4v) is 2.53. The highest BCUT2D eigenvalue weighted by atomic mass is 35.5. The number of aryl methyl sites for hydroxylation is 2. The van der Waals surface area contributed by atoms with Crippen molar-refractivity contribution in [3.8, 4) is 5.75 Å². The van der Waals surface area contributed by atoms with Gasteiger partial charge in [0.1, 0.15) is 5.75 Å². The van der Waals surface area contributed by atoms with Crippen molar-refractivity contribution >= 4 is 34.8 Å². The minimum absolute atomic E-state index is 0.0493. The molecule has 0 spiro atoms. The number of ether oxygens (including phenoxy) is 1. The van der Waals surface area contributed by atoms with Crippen LogP contribution in [0.3, 0.4) is 0 Å². The molecule has 1 N–H and O–H groups in total. The lowest BCUT2D eigenvalue weighted by molar-refractivity contribution is -0.116. The number of nitrogens with one attached hydrogen (secondary N) is 1. The van der Waals surface area contributed by atoms with Crippen LogP contribution in [0.4, 0.5) is 5.69 Å². The van der Waals surface area contributed by atoms with Crippen molar-refractivity contribution in [2.24, 2.45) is 0 Å². The summed E-state index contributed by atoms with van der Waals surface area (Å²) in [6, 6.07) is 10.9. The Morgan fingerprint density at radius 1 is 1.04 bits per heavy atom. The first kappa shape index (κ1) is 17.6. The van der Waals surface area contributed by atoms with Crippen LogP contribution in [0.5, 0.6) is 5.75 Å². The number of amides is 1. The van der Waals surface area contributed by atoms with Gasteiger partial charge in [0, 0.05) is 22.2 Å². The zero-order valence-electron chi connectivity index (χ0n) is 13.2. The van der Waals surface area contributed by atoms with E-state index in [4.69, 9.17) is 27.9 Å². The van der Waals surface area contributed by atoms with Gasteiger partial charge < -0.3 is 10.1 Å².